The largest absolute Gasteiger partial charge is 0.388 e. The van der Waals surface area contributed by atoms with E-state index in [2.05, 4.69) is 29.7 Å². The molecule has 0 fully saturated rings. The molecular formula is C14H18N2O. The van der Waals surface area contributed by atoms with Crippen molar-refractivity contribution in [3.05, 3.63) is 41.0 Å². The van der Waals surface area contributed by atoms with Gasteiger partial charge in [0.05, 0.1) is 0 Å². The molecule has 2 N–H and O–H groups in total. The molecule has 0 unspecified atom stereocenters. The quantitative estimate of drug-likeness (QED) is 0.818. The number of allylic oxidation sites excluding steroid dienone is 1. The number of fused-ring (bicyclic) bond motifs is 1. The molecule has 1 aromatic carbocycles. The normalized spacial score (nSPS) is 18.2. The van der Waals surface area contributed by atoms with Crippen LogP contribution in [-0.2, 0) is 17.8 Å². The molecule has 1 amide bonds. The summed E-state index contributed by atoms with van der Waals surface area (Å²) in [5.74, 6) is 0.0124. The number of rotatable bonds is 2. The van der Waals surface area contributed by atoms with E-state index in [0.717, 1.165) is 18.5 Å². The van der Waals surface area contributed by atoms with Crippen LogP contribution < -0.4 is 10.6 Å². The molecule has 3 heteroatoms. The molecule has 0 atom stereocenters. The number of hydrogen-bond donors (Lipinski definition) is 2. The third-order valence-corrected chi connectivity index (χ3v) is 3.19. The lowest BCUT2D eigenvalue weighted by molar-refractivity contribution is -0.116. The molecule has 1 aliphatic rings. The van der Waals surface area contributed by atoms with Crippen LogP contribution in [-0.4, -0.2) is 13.0 Å². The fraction of sp³-hybridized carbons (Fsp3) is 0.357. The highest BCUT2D eigenvalue weighted by molar-refractivity contribution is 5.88. The number of anilines is 1. The second-order valence-corrected chi connectivity index (χ2v) is 4.24. The Labute approximate surface area is 102 Å². The van der Waals surface area contributed by atoms with Gasteiger partial charge in [0.2, 0.25) is 5.91 Å². The first-order chi connectivity index (χ1) is 8.24. The summed E-state index contributed by atoms with van der Waals surface area (Å²) in [5.41, 5.74) is 4.77. The van der Waals surface area contributed by atoms with Crippen molar-refractivity contribution in [1.29, 1.82) is 0 Å². The molecule has 90 valence electrons. The Kier molecular flexibility index (Phi) is 3.47. The van der Waals surface area contributed by atoms with Crippen molar-refractivity contribution in [3.8, 4) is 0 Å². The Hall–Kier alpha value is -1.77. The minimum atomic E-state index is 0.0124. The maximum Gasteiger partial charge on any atom is 0.244 e. The van der Waals surface area contributed by atoms with Crippen LogP contribution in [0.15, 0.2) is 29.8 Å². The molecule has 2 rings (SSSR count). The first kappa shape index (κ1) is 11.7. The second-order valence-electron chi connectivity index (χ2n) is 4.24. The van der Waals surface area contributed by atoms with E-state index in [1.165, 1.54) is 16.7 Å². The van der Waals surface area contributed by atoms with Gasteiger partial charge in [-0.25, -0.2) is 0 Å². The minimum absolute atomic E-state index is 0.0124. The zero-order valence-electron chi connectivity index (χ0n) is 10.3. The van der Waals surface area contributed by atoms with Gasteiger partial charge < -0.3 is 10.6 Å². The van der Waals surface area contributed by atoms with Gasteiger partial charge in [0.1, 0.15) is 0 Å². The highest BCUT2D eigenvalue weighted by Crippen LogP contribution is 2.24. The first-order valence-corrected chi connectivity index (χ1v) is 6.00. The lowest BCUT2D eigenvalue weighted by Crippen LogP contribution is -2.24. The fourth-order valence-corrected chi connectivity index (χ4v) is 2.18. The summed E-state index contributed by atoms with van der Waals surface area (Å²) in [6.45, 7) is 2.68. The number of carbonyl (C=O) groups is 1. The lowest BCUT2D eigenvalue weighted by atomic mass is 9.95. The van der Waals surface area contributed by atoms with E-state index >= 15 is 0 Å². The fourth-order valence-electron chi connectivity index (χ4n) is 2.18. The topological polar surface area (TPSA) is 41.1 Å². The van der Waals surface area contributed by atoms with E-state index in [1.807, 2.05) is 13.1 Å². The molecule has 1 aliphatic heterocycles. The predicted molar refractivity (Wildman–Crippen MR) is 69.9 cm³/mol. The third kappa shape index (κ3) is 2.49. The van der Waals surface area contributed by atoms with Gasteiger partial charge in [-0.1, -0.05) is 24.6 Å². The zero-order valence-corrected chi connectivity index (χ0v) is 10.3. The van der Waals surface area contributed by atoms with Crippen molar-refractivity contribution >= 4 is 11.6 Å². The summed E-state index contributed by atoms with van der Waals surface area (Å²) < 4.78 is 0. The Morgan fingerprint density at radius 1 is 1.41 bits per heavy atom. The van der Waals surface area contributed by atoms with E-state index < -0.39 is 0 Å². The average Bonchev–Trinajstić information content (AvgIpc) is 2.33. The monoisotopic (exact) mass is 230 g/mol. The van der Waals surface area contributed by atoms with Crippen LogP contribution in [0.5, 0.6) is 0 Å². The molecule has 0 saturated heterocycles. The molecule has 0 saturated carbocycles. The van der Waals surface area contributed by atoms with Crippen molar-refractivity contribution in [2.75, 3.05) is 12.4 Å². The van der Waals surface area contributed by atoms with E-state index in [1.54, 1.807) is 6.08 Å². The van der Waals surface area contributed by atoms with Gasteiger partial charge in [-0.2, -0.15) is 0 Å². The van der Waals surface area contributed by atoms with Gasteiger partial charge in [0, 0.05) is 25.4 Å². The van der Waals surface area contributed by atoms with Crippen LogP contribution in [0.2, 0.25) is 0 Å². The van der Waals surface area contributed by atoms with Gasteiger partial charge >= 0.3 is 0 Å². The number of hydrogen-bond acceptors (Lipinski definition) is 2. The second kappa shape index (κ2) is 5.04. The van der Waals surface area contributed by atoms with E-state index in [-0.39, 0.29) is 5.91 Å². The molecule has 17 heavy (non-hydrogen) atoms. The summed E-state index contributed by atoms with van der Waals surface area (Å²) in [7, 11) is 1.91. The summed E-state index contributed by atoms with van der Waals surface area (Å²) in [6, 6.07) is 6.24. The molecule has 1 heterocycles. The number of carbonyl (C=O) groups excluding carboxylic acids is 1. The van der Waals surface area contributed by atoms with Crippen LogP contribution in [0.3, 0.4) is 0 Å². The number of benzene rings is 1. The summed E-state index contributed by atoms with van der Waals surface area (Å²) in [4.78, 5) is 11.6. The maximum absolute atomic E-state index is 11.6. The Bertz CT molecular complexity index is 463. The van der Waals surface area contributed by atoms with Gasteiger partial charge in [-0.15, -0.1) is 0 Å². The molecule has 0 radical (unpaired) electrons. The average molecular weight is 230 g/mol. The standard InChI is InChI=1S/C14H18N2O/c1-3-10-7-11-5-4-6-13(15-2)12(11)9-16-14(17)8-10/h4-6,8,15H,3,7,9H2,1-2H3,(H,16,17)/b10-8+. The Morgan fingerprint density at radius 2 is 2.24 bits per heavy atom. The van der Waals surface area contributed by atoms with Crippen LogP contribution in [0, 0.1) is 0 Å². The number of nitrogens with one attached hydrogen (secondary N) is 2. The third-order valence-electron chi connectivity index (χ3n) is 3.19. The van der Waals surface area contributed by atoms with Crippen molar-refractivity contribution in [2.24, 2.45) is 0 Å². The zero-order chi connectivity index (χ0) is 12.3. The maximum atomic E-state index is 11.6. The van der Waals surface area contributed by atoms with Crippen molar-refractivity contribution in [2.45, 2.75) is 26.3 Å². The smallest absolute Gasteiger partial charge is 0.244 e. The minimum Gasteiger partial charge on any atom is -0.388 e. The molecular weight excluding hydrogens is 212 g/mol. The van der Waals surface area contributed by atoms with Crippen LogP contribution >= 0.6 is 0 Å². The van der Waals surface area contributed by atoms with Gasteiger partial charge in [-0.3, -0.25) is 4.79 Å². The highest BCUT2D eigenvalue weighted by atomic mass is 16.1. The van der Waals surface area contributed by atoms with E-state index in [0.29, 0.717) is 6.54 Å². The van der Waals surface area contributed by atoms with Gasteiger partial charge in [-0.05, 0) is 30.0 Å². The highest BCUT2D eigenvalue weighted by Gasteiger charge is 2.13. The molecule has 0 aromatic heterocycles. The predicted octanol–water partition coefficient (Wildman–Crippen LogP) is 2.24. The number of amides is 1. The van der Waals surface area contributed by atoms with E-state index in [9.17, 15) is 4.79 Å². The van der Waals surface area contributed by atoms with Crippen LogP contribution in [0.4, 0.5) is 5.69 Å². The molecule has 0 bridgehead atoms. The Balaban J connectivity index is 2.43. The van der Waals surface area contributed by atoms with Crippen molar-refractivity contribution in [3.63, 3.8) is 0 Å². The lowest BCUT2D eigenvalue weighted by Gasteiger charge is -2.18. The van der Waals surface area contributed by atoms with Crippen molar-refractivity contribution < 1.29 is 4.79 Å². The molecule has 0 spiro atoms. The summed E-state index contributed by atoms with van der Waals surface area (Å²) in [6.07, 6.45) is 3.51. The summed E-state index contributed by atoms with van der Waals surface area (Å²) in [5, 5.41) is 6.10. The van der Waals surface area contributed by atoms with Gasteiger partial charge in [0.25, 0.3) is 0 Å². The first-order valence-electron chi connectivity index (χ1n) is 6.00. The van der Waals surface area contributed by atoms with Crippen LogP contribution in [0.25, 0.3) is 0 Å². The van der Waals surface area contributed by atoms with Crippen molar-refractivity contribution in [1.82, 2.24) is 5.32 Å². The van der Waals surface area contributed by atoms with Gasteiger partial charge in [0.15, 0.2) is 0 Å². The summed E-state index contributed by atoms with van der Waals surface area (Å²) >= 11 is 0. The molecule has 3 nitrogen and oxygen atoms in total. The molecule has 1 aromatic rings. The Morgan fingerprint density at radius 3 is 2.94 bits per heavy atom. The SMILES string of the molecule is CC/C1=C\C(=O)NCc2c(cccc2NC)C1. The molecule has 0 aliphatic carbocycles. The van der Waals surface area contributed by atoms with Crippen LogP contribution in [0.1, 0.15) is 24.5 Å². The van der Waals surface area contributed by atoms with E-state index in [4.69, 9.17) is 0 Å².